The van der Waals surface area contributed by atoms with Gasteiger partial charge in [0.1, 0.15) is 11.6 Å². The van der Waals surface area contributed by atoms with E-state index in [2.05, 4.69) is 30.7 Å². The van der Waals surface area contributed by atoms with Crippen molar-refractivity contribution in [2.45, 2.75) is 33.1 Å². The number of halogens is 2. The number of hydrogen-bond acceptors (Lipinski definition) is 3. The molecule has 0 aliphatic carbocycles. The van der Waals surface area contributed by atoms with Crippen LogP contribution >= 0.6 is 11.6 Å². The van der Waals surface area contributed by atoms with Gasteiger partial charge in [0.2, 0.25) is 0 Å². The van der Waals surface area contributed by atoms with Gasteiger partial charge in [-0.1, -0.05) is 20.8 Å². The van der Waals surface area contributed by atoms with E-state index in [9.17, 15) is 4.39 Å². The van der Waals surface area contributed by atoms with Gasteiger partial charge >= 0.3 is 0 Å². The van der Waals surface area contributed by atoms with Crippen LogP contribution in [0.15, 0.2) is 24.4 Å². The summed E-state index contributed by atoms with van der Waals surface area (Å²) in [6.07, 6.45) is 2.27. The Hall–Kier alpha value is -1.68. The Morgan fingerprint density at radius 1 is 1.27 bits per heavy atom. The quantitative estimate of drug-likeness (QED) is 0.770. The molecule has 0 radical (unpaired) electrons. The molecule has 0 N–H and O–H groups in total. The van der Waals surface area contributed by atoms with Gasteiger partial charge in [-0.3, -0.25) is 9.97 Å². The van der Waals surface area contributed by atoms with Crippen molar-refractivity contribution < 1.29 is 9.13 Å². The van der Waals surface area contributed by atoms with Gasteiger partial charge < -0.3 is 4.74 Å². The molecule has 0 atom stereocenters. The molecule has 0 amide bonds. The molecule has 0 saturated heterocycles. The lowest BCUT2D eigenvalue weighted by atomic mass is 9.88. The van der Waals surface area contributed by atoms with Gasteiger partial charge in [0.15, 0.2) is 0 Å². The third kappa shape index (κ3) is 3.95. The zero-order chi connectivity index (χ0) is 16.3. The molecular formula is C17H20ClFN2O. The zero-order valence-corrected chi connectivity index (χ0v) is 14.0. The Kier molecular flexibility index (Phi) is 5.01. The van der Waals surface area contributed by atoms with Crippen molar-refractivity contribution in [2.75, 3.05) is 7.11 Å². The SMILES string of the molecule is COc1ccc(F)c(-c2ncc(CCl)nc2CC(C)(C)C)c1. The van der Waals surface area contributed by atoms with Crippen LogP contribution < -0.4 is 4.74 Å². The first-order valence-corrected chi connectivity index (χ1v) is 7.62. The van der Waals surface area contributed by atoms with Crippen molar-refractivity contribution in [1.82, 2.24) is 9.97 Å². The van der Waals surface area contributed by atoms with Gasteiger partial charge in [-0.05, 0) is 30.0 Å². The largest absolute Gasteiger partial charge is 0.497 e. The van der Waals surface area contributed by atoms with Gasteiger partial charge in [0, 0.05) is 5.56 Å². The normalized spacial score (nSPS) is 11.5. The number of benzene rings is 1. The maximum absolute atomic E-state index is 14.2. The first-order valence-electron chi connectivity index (χ1n) is 7.09. The molecule has 1 heterocycles. The summed E-state index contributed by atoms with van der Waals surface area (Å²) in [5.74, 6) is 0.524. The highest BCUT2D eigenvalue weighted by molar-refractivity contribution is 6.16. The lowest BCUT2D eigenvalue weighted by Gasteiger charge is -2.20. The first kappa shape index (κ1) is 16.7. The number of rotatable bonds is 4. The van der Waals surface area contributed by atoms with E-state index in [0.717, 1.165) is 5.69 Å². The van der Waals surface area contributed by atoms with Crippen LogP contribution in [0.1, 0.15) is 32.2 Å². The minimum atomic E-state index is -0.344. The molecule has 0 saturated carbocycles. The molecule has 0 aliphatic heterocycles. The predicted octanol–water partition coefficient (Wildman–Crippen LogP) is 4.62. The summed E-state index contributed by atoms with van der Waals surface area (Å²) in [6.45, 7) is 6.31. The van der Waals surface area contributed by atoms with E-state index in [4.69, 9.17) is 16.3 Å². The van der Waals surface area contributed by atoms with Gasteiger partial charge in [-0.25, -0.2) is 4.39 Å². The smallest absolute Gasteiger partial charge is 0.132 e. The number of nitrogens with zero attached hydrogens (tertiary/aromatic N) is 2. The van der Waals surface area contributed by atoms with Crippen molar-refractivity contribution >= 4 is 11.6 Å². The molecule has 2 rings (SSSR count). The Bertz CT molecular complexity index is 668. The molecule has 0 fully saturated rings. The summed E-state index contributed by atoms with van der Waals surface area (Å²) in [4.78, 5) is 8.95. The highest BCUT2D eigenvalue weighted by Gasteiger charge is 2.20. The second-order valence-corrected chi connectivity index (χ2v) is 6.64. The number of ether oxygens (including phenoxy) is 1. The Morgan fingerprint density at radius 2 is 2.00 bits per heavy atom. The van der Waals surface area contributed by atoms with Crippen molar-refractivity contribution in [3.63, 3.8) is 0 Å². The van der Waals surface area contributed by atoms with E-state index in [1.54, 1.807) is 25.4 Å². The summed E-state index contributed by atoms with van der Waals surface area (Å²) < 4.78 is 19.4. The third-order valence-electron chi connectivity index (χ3n) is 3.16. The van der Waals surface area contributed by atoms with Crippen LogP contribution in [0.5, 0.6) is 5.75 Å². The van der Waals surface area contributed by atoms with Gasteiger partial charge in [-0.15, -0.1) is 11.6 Å². The Labute approximate surface area is 135 Å². The third-order valence-corrected chi connectivity index (χ3v) is 3.43. The maximum atomic E-state index is 14.2. The van der Waals surface area contributed by atoms with Crippen molar-refractivity contribution in [3.8, 4) is 17.0 Å². The molecule has 0 bridgehead atoms. The minimum Gasteiger partial charge on any atom is -0.497 e. The van der Waals surface area contributed by atoms with Gasteiger partial charge in [0.25, 0.3) is 0 Å². The molecule has 118 valence electrons. The number of methoxy groups -OCH3 is 1. The highest BCUT2D eigenvalue weighted by Crippen LogP contribution is 2.31. The number of aromatic nitrogens is 2. The number of alkyl halides is 1. The lowest BCUT2D eigenvalue weighted by molar-refractivity contribution is 0.405. The van der Waals surface area contributed by atoms with Crippen LogP contribution in [0.25, 0.3) is 11.3 Å². The Morgan fingerprint density at radius 3 is 2.59 bits per heavy atom. The van der Waals surface area contributed by atoms with E-state index in [1.165, 1.54) is 6.07 Å². The molecule has 22 heavy (non-hydrogen) atoms. The molecule has 1 aromatic carbocycles. The van der Waals surface area contributed by atoms with Crippen molar-refractivity contribution in [1.29, 1.82) is 0 Å². The molecule has 0 spiro atoms. The van der Waals surface area contributed by atoms with E-state index in [-0.39, 0.29) is 17.1 Å². The summed E-state index contributed by atoms with van der Waals surface area (Å²) in [5.41, 5.74) is 2.38. The van der Waals surface area contributed by atoms with Crippen LogP contribution in [0.4, 0.5) is 4.39 Å². The van der Waals surface area contributed by atoms with Crippen LogP contribution in [0.2, 0.25) is 0 Å². The van der Waals surface area contributed by atoms with Crippen LogP contribution in [-0.4, -0.2) is 17.1 Å². The summed E-state index contributed by atoms with van der Waals surface area (Å²) in [5, 5.41) is 0. The standard InChI is InChI=1S/C17H20ClFN2O/c1-17(2,3)8-15-16(20-10-11(9-18)21-15)13-7-12(22-4)5-6-14(13)19/h5-7,10H,8-9H2,1-4H3. The van der Waals surface area contributed by atoms with Crippen LogP contribution in [0, 0.1) is 11.2 Å². The zero-order valence-electron chi connectivity index (χ0n) is 13.3. The summed E-state index contributed by atoms with van der Waals surface area (Å²) in [6, 6.07) is 4.61. The number of hydrogen-bond donors (Lipinski definition) is 0. The monoisotopic (exact) mass is 322 g/mol. The Balaban J connectivity index is 2.59. The van der Waals surface area contributed by atoms with E-state index in [0.29, 0.717) is 29.1 Å². The van der Waals surface area contributed by atoms with Gasteiger partial charge in [-0.2, -0.15) is 0 Å². The average Bonchev–Trinajstić information content (AvgIpc) is 2.46. The summed E-state index contributed by atoms with van der Waals surface area (Å²) in [7, 11) is 1.55. The molecule has 0 unspecified atom stereocenters. The molecular weight excluding hydrogens is 303 g/mol. The van der Waals surface area contributed by atoms with Gasteiger partial charge in [0.05, 0.1) is 36.3 Å². The van der Waals surface area contributed by atoms with Crippen LogP contribution in [0.3, 0.4) is 0 Å². The fourth-order valence-corrected chi connectivity index (χ4v) is 2.33. The van der Waals surface area contributed by atoms with E-state index in [1.807, 2.05) is 0 Å². The van der Waals surface area contributed by atoms with Crippen LogP contribution in [-0.2, 0) is 12.3 Å². The van der Waals surface area contributed by atoms with Crippen molar-refractivity contribution in [3.05, 3.63) is 41.6 Å². The predicted molar refractivity (Wildman–Crippen MR) is 86.7 cm³/mol. The molecule has 1 aromatic heterocycles. The van der Waals surface area contributed by atoms with Crippen molar-refractivity contribution in [2.24, 2.45) is 5.41 Å². The second kappa shape index (κ2) is 6.61. The molecule has 2 aromatic rings. The second-order valence-electron chi connectivity index (χ2n) is 6.37. The fraction of sp³-hybridized carbons (Fsp3) is 0.412. The maximum Gasteiger partial charge on any atom is 0.132 e. The molecule has 5 heteroatoms. The average molecular weight is 323 g/mol. The van der Waals surface area contributed by atoms with E-state index >= 15 is 0 Å². The first-order chi connectivity index (χ1) is 10.3. The summed E-state index contributed by atoms with van der Waals surface area (Å²) >= 11 is 5.85. The highest BCUT2D eigenvalue weighted by atomic mass is 35.5. The van der Waals surface area contributed by atoms with E-state index < -0.39 is 0 Å². The lowest BCUT2D eigenvalue weighted by Crippen LogP contribution is -2.13. The minimum absolute atomic E-state index is 0.00368. The molecule has 3 nitrogen and oxygen atoms in total. The fourth-order valence-electron chi connectivity index (χ4n) is 2.20. The topological polar surface area (TPSA) is 35.0 Å². The molecule has 0 aliphatic rings.